The number of aliphatic hydroxyl groups is 1. The minimum absolute atomic E-state index is 0.0146. The minimum atomic E-state index is -4.06. The Bertz CT molecular complexity index is 1060. The molecule has 10 nitrogen and oxygen atoms in total. The molecule has 3 rings (SSSR count). The molecule has 2 aromatic heterocycles. The highest BCUT2D eigenvalue weighted by molar-refractivity contribution is 7.84. The van der Waals surface area contributed by atoms with Gasteiger partial charge in [0.2, 0.25) is 5.78 Å². The first-order valence-electron chi connectivity index (χ1n) is 9.98. The topological polar surface area (TPSA) is 150 Å². The second-order valence-electron chi connectivity index (χ2n) is 8.06. The molecule has 1 aliphatic rings. The zero-order valence-electron chi connectivity index (χ0n) is 17.5. The van der Waals surface area contributed by atoms with E-state index in [9.17, 15) is 18.3 Å². The van der Waals surface area contributed by atoms with Crippen LogP contribution in [0.15, 0.2) is 36.4 Å². The summed E-state index contributed by atoms with van der Waals surface area (Å²) in [7, 11) is -4.06. The number of aliphatic hydroxyl groups excluding tert-OH is 1. The highest BCUT2D eigenvalue weighted by Gasteiger charge is 2.35. The van der Waals surface area contributed by atoms with Gasteiger partial charge in [0.25, 0.3) is 0 Å². The van der Waals surface area contributed by atoms with Gasteiger partial charge < -0.3 is 5.11 Å². The molecule has 2 heterocycles. The van der Waals surface area contributed by atoms with Gasteiger partial charge in [0.15, 0.2) is 0 Å². The zero-order valence-corrected chi connectivity index (χ0v) is 18.3. The van der Waals surface area contributed by atoms with E-state index in [2.05, 4.69) is 19.2 Å². The highest BCUT2D eigenvalue weighted by Crippen LogP contribution is 2.34. The maximum atomic E-state index is 13.0. The van der Waals surface area contributed by atoms with E-state index < -0.39 is 16.4 Å². The Balaban J connectivity index is 1.69. The molecule has 168 valence electrons. The third-order valence-electron chi connectivity index (χ3n) is 5.28. The van der Waals surface area contributed by atoms with Crippen LogP contribution in [0.2, 0.25) is 0 Å². The van der Waals surface area contributed by atoms with Crippen molar-refractivity contribution < 1.29 is 22.5 Å². The average Bonchev–Trinajstić information content (AvgIpc) is 3.30. The molecule has 11 heteroatoms. The molecule has 1 saturated carbocycles. The van der Waals surface area contributed by atoms with Crippen molar-refractivity contribution in [2.45, 2.75) is 45.8 Å². The first-order valence-corrected chi connectivity index (χ1v) is 11.4. The number of nitrogens with two attached hydrogens (primary N) is 1. The lowest BCUT2D eigenvalue weighted by molar-refractivity contribution is 0.100. The molecule has 3 atom stereocenters. The Morgan fingerprint density at radius 1 is 1.39 bits per heavy atom. The summed E-state index contributed by atoms with van der Waals surface area (Å²) in [5, 5.41) is 19.5. The fraction of sp³-hybridized carbons (Fsp3) is 0.500. The number of rotatable bonds is 9. The summed E-state index contributed by atoms with van der Waals surface area (Å²) in [5.41, 5.74) is 2.41. The van der Waals surface area contributed by atoms with Gasteiger partial charge in [-0.05, 0) is 45.1 Å². The monoisotopic (exact) mass is 449 g/mol. The van der Waals surface area contributed by atoms with Gasteiger partial charge in [0, 0.05) is 18.3 Å². The van der Waals surface area contributed by atoms with E-state index in [1.807, 2.05) is 19.9 Å². The van der Waals surface area contributed by atoms with Crippen molar-refractivity contribution in [1.82, 2.24) is 19.7 Å². The molecule has 0 aliphatic heterocycles. The summed E-state index contributed by atoms with van der Waals surface area (Å²) in [6.45, 7) is 4.40. The summed E-state index contributed by atoms with van der Waals surface area (Å²) < 4.78 is 28.3. The number of ketones is 1. The van der Waals surface area contributed by atoms with Crippen LogP contribution in [0.3, 0.4) is 0 Å². The number of allylic oxidation sites excluding steroid dienone is 2. The highest BCUT2D eigenvalue weighted by atomic mass is 32.2. The third kappa shape index (κ3) is 6.50. The van der Waals surface area contributed by atoms with Crippen LogP contribution < -0.4 is 5.14 Å². The van der Waals surface area contributed by atoms with E-state index in [1.54, 1.807) is 16.9 Å². The molecule has 0 bridgehead atoms. The lowest BCUT2D eigenvalue weighted by Crippen LogP contribution is -2.24. The fourth-order valence-corrected chi connectivity index (χ4v) is 4.09. The van der Waals surface area contributed by atoms with Crippen LogP contribution in [-0.2, 0) is 27.5 Å². The molecule has 0 amide bonds. The van der Waals surface area contributed by atoms with Gasteiger partial charge in [-0.25, -0.2) is 15.1 Å². The summed E-state index contributed by atoms with van der Waals surface area (Å²) in [6.07, 6.45) is 7.35. The van der Waals surface area contributed by atoms with Gasteiger partial charge in [-0.3, -0.25) is 13.7 Å². The largest absolute Gasteiger partial charge is 0.393 e. The van der Waals surface area contributed by atoms with Crippen molar-refractivity contribution in [2.75, 3.05) is 6.61 Å². The molecule has 1 fully saturated rings. The van der Waals surface area contributed by atoms with E-state index >= 15 is 0 Å². The summed E-state index contributed by atoms with van der Waals surface area (Å²) >= 11 is 0. The van der Waals surface area contributed by atoms with Gasteiger partial charge in [-0.15, -0.1) is 0 Å². The fourth-order valence-electron chi connectivity index (χ4n) is 3.72. The van der Waals surface area contributed by atoms with Crippen LogP contribution >= 0.6 is 0 Å². The van der Waals surface area contributed by atoms with Crippen LogP contribution in [0.5, 0.6) is 0 Å². The average molecular weight is 450 g/mol. The van der Waals surface area contributed by atoms with Gasteiger partial charge in [0.05, 0.1) is 30.5 Å². The Morgan fingerprint density at radius 3 is 2.87 bits per heavy atom. The smallest absolute Gasteiger partial charge is 0.333 e. The molecule has 2 aromatic rings. The molecule has 1 aliphatic carbocycles. The van der Waals surface area contributed by atoms with Crippen molar-refractivity contribution in [3.63, 3.8) is 0 Å². The summed E-state index contributed by atoms with van der Waals surface area (Å²) in [5.74, 6) is -0.602. The molecule has 0 saturated heterocycles. The van der Waals surface area contributed by atoms with E-state index in [0.29, 0.717) is 42.8 Å². The van der Waals surface area contributed by atoms with Crippen LogP contribution in [0, 0.1) is 11.8 Å². The quantitative estimate of drug-likeness (QED) is 0.425. The third-order valence-corrected chi connectivity index (χ3v) is 5.75. The molecular weight excluding hydrogens is 422 g/mol. The SMILES string of the molecule is CC(C)=CCn1ccc(C(=O)c2cncnc2C[C@@H]2C[C@H](COS(N)(=O)=O)[C@@H](O)C2)n1. The molecule has 0 unspecified atom stereocenters. The van der Waals surface area contributed by atoms with E-state index in [4.69, 9.17) is 5.14 Å². The van der Waals surface area contributed by atoms with E-state index in [-0.39, 0.29) is 24.2 Å². The number of hydrogen-bond donors (Lipinski definition) is 2. The number of aromatic nitrogens is 4. The van der Waals surface area contributed by atoms with Crippen LogP contribution in [0.25, 0.3) is 0 Å². The van der Waals surface area contributed by atoms with Crippen molar-refractivity contribution in [1.29, 1.82) is 0 Å². The minimum Gasteiger partial charge on any atom is -0.393 e. The lowest BCUT2D eigenvalue weighted by Gasteiger charge is -2.13. The van der Waals surface area contributed by atoms with Crippen molar-refractivity contribution >= 4 is 16.1 Å². The molecular formula is C20H27N5O5S. The lowest BCUT2D eigenvalue weighted by atomic mass is 9.96. The molecule has 3 N–H and O–H groups in total. The van der Waals surface area contributed by atoms with E-state index in [0.717, 1.165) is 5.57 Å². The first kappa shape index (κ1) is 23.2. The van der Waals surface area contributed by atoms with Gasteiger partial charge >= 0.3 is 10.3 Å². The van der Waals surface area contributed by atoms with Gasteiger partial charge in [0.1, 0.15) is 12.0 Å². The Hall–Kier alpha value is -2.47. The second-order valence-corrected chi connectivity index (χ2v) is 9.28. The van der Waals surface area contributed by atoms with Crippen LogP contribution in [0.1, 0.15) is 48.4 Å². The van der Waals surface area contributed by atoms with Crippen LogP contribution in [0.4, 0.5) is 0 Å². The van der Waals surface area contributed by atoms with Crippen molar-refractivity contribution in [2.24, 2.45) is 17.0 Å². The number of carbonyl (C=O) groups is 1. The second kappa shape index (κ2) is 9.77. The Morgan fingerprint density at radius 2 is 2.16 bits per heavy atom. The predicted octanol–water partition coefficient (Wildman–Crippen LogP) is 1.02. The molecule has 0 radical (unpaired) electrons. The molecule has 0 aromatic carbocycles. The normalized spacial score (nSPS) is 21.2. The van der Waals surface area contributed by atoms with Crippen molar-refractivity contribution in [3.8, 4) is 0 Å². The summed E-state index contributed by atoms with van der Waals surface area (Å²) in [4.78, 5) is 21.3. The standard InChI is InChI=1S/C20H27N5O5S/c1-13(2)3-5-25-6-4-17(24-25)20(27)16-10-22-12-23-18(16)8-14-7-15(19(26)9-14)11-30-31(21,28)29/h3-4,6,10,12,14-15,19,26H,5,7-9,11H2,1-2H3,(H2,21,28,29)/t14-,15+,19-/m0/s1. The number of carbonyl (C=O) groups excluding carboxylic acids is 1. The first-order chi connectivity index (χ1) is 14.6. The summed E-state index contributed by atoms with van der Waals surface area (Å²) in [6, 6.07) is 1.66. The zero-order chi connectivity index (χ0) is 22.6. The predicted molar refractivity (Wildman–Crippen MR) is 112 cm³/mol. The Labute approximate surface area is 181 Å². The Kier molecular flexibility index (Phi) is 7.31. The van der Waals surface area contributed by atoms with Crippen LogP contribution in [-0.4, -0.2) is 51.8 Å². The molecule has 0 spiro atoms. The van der Waals surface area contributed by atoms with E-state index in [1.165, 1.54) is 12.5 Å². The maximum absolute atomic E-state index is 13.0. The van der Waals surface area contributed by atoms with Crippen molar-refractivity contribution in [3.05, 3.63) is 53.4 Å². The molecule has 31 heavy (non-hydrogen) atoms. The number of hydrogen-bond acceptors (Lipinski definition) is 8. The van der Waals surface area contributed by atoms with Gasteiger partial charge in [-0.1, -0.05) is 11.6 Å². The van der Waals surface area contributed by atoms with Gasteiger partial charge in [-0.2, -0.15) is 13.5 Å². The number of nitrogens with zero attached hydrogens (tertiary/aromatic N) is 4. The maximum Gasteiger partial charge on any atom is 0.333 e.